The van der Waals surface area contributed by atoms with Gasteiger partial charge in [-0.1, -0.05) is 0 Å². The number of carboxylic acids is 1. The van der Waals surface area contributed by atoms with E-state index in [9.17, 15) is 9.59 Å². The second-order valence-electron chi connectivity index (χ2n) is 4.38. The minimum atomic E-state index is -0.850. The summed E-state index contributed by atoms with van der Waals surface area (Å²) in [7, 11) is 0. The molecule has 2 amide bonds. The fourth-order valence-corrected chi connectivity index (χ4v) is 2.86. The van der Waals surface area contributed by atoms with Gasteiger partial charge in [-0.3, -0.25) is 4.79 Å². The molecule has 6 heteroatoms. The van der Waals surface area contributed by atoms with Crippen LogP contribution in [0.3, 0.4) is 0 Å². The van der Waals surface area contributed by atoms with E-state index in [1.54, 1.807) is 16.2 Å². The van der Waals surface area contributed by atoms with E-state index >= 15 is 0 Å². The van der Waals surface area contributed by atoms with Crippen LogP contribution in [0.5, 0.6) is 0 Å². The van der Waals surface area contributed by atoms with Gasteiger partial charge in [0, 0.05) is 19.1 Å². The molecule has 1 saturated heterocycles. The number of thiophene rings is 1. The molecule has 2 heterocycles. The van der Waals surface area contributed by atoms with E-state index < -0.39 is 5.97 Å². The molecular formula is C12H16N2O3S. The van der Waals surface area contributed by atoms with Crippen molar-refractivity contribution in [1.29, 1.82) is 0 Å². The maximum Gasteiger partial charge on any atom is 0.317 e. The van der Waals surface area contributed by atoms with Crippen LogP contribution in [0.2, 0.25) is 0 Å². The van der Waals surface area contributed by atoms with Crippen molar-refractivity contribution in [2.45, 2.75) is 31.8 Å². The average molecular weight is 268 g/mol. The topological polar surface area (TPSA) is 69.6 Å². The number of rotatable bonds is 4. The monoisotopic (exact) mass is 268 g/mol. The fraction of sp³-hybridized carbons (Fsp3) is 0.500. The zero-order valence-corrected chi connectivity index (χ0v) is 10.8. The molecule has 0 radical (unpaired) electrons. The predicted molar refractivity (Wildman–Crippen MR) is 68.5 cm³/mol. The first-order valence-corrected chi connectivity index (χ1v) is 6.88. The molecule has 0 saturated carbocycles. The first kappa shape index (κ1) is 12.9. The fourth-order valence-electron chi connectivity index (χ4n) is 2.19. The SMILES string of the molecule is O=C(O)CC1CCCN1C(=O)NCc1ccsc1. The average Bonchev–Trinajstić information content (AvgIpc) is 2.95. The Morgan fingerprint density at radius 3 is 3.06 bits per heavy atom. The van der Waals surface area contributed by atoms with Gasteiger partial charge in [-0.15, -0.1) is 0 Å². The second kappa shape index (κ2) is 5.86. The third kappa shape index (κ3) is 3.22. The number of hydrogen-bond acceptors (Lipinski definition) is 3. The highest BCUT2D eigenvalue weighted by molar-refractivity contribution is 7.07. The van der Waals surface area contributed by atoms with Crippen LogP contribution in [-0.4, -0.2) is 34.6 Å². The lowest BCUT2D eigenvalue weighted by Gasteiger charge is -2.23. The maximum atomic E-state index is 12.0. The van der Waals surface area contributed by atoms with Crippen molar-refractivity contribution in [3.05, 3.63) is 22.4 Å². The Labute approximate surface area is 109 Å². The normalized spacial score (nSPS) is 18.9. The van der Waals surface area contributed by atoms with Gasteiger partial charge in [0.05, 0.1) is 6.42 Å². The van der Waals surface area contributed by atoms with Gasteiger partial charge in [0.25, 0.3) is 0 Å². The van der Waals surface area contributed by atoms with Crippen molar-refractivity contribution in [3.8, 4) is 0 Å². The molecule has 1 aliphatic heterocycles. The van der Waals surface area contributed by atoms with Crippen LogP contribution in [0.4, 0.5) is 4.79 Å². The molecule has 0 aliphatic carbocycles. The van der Waals surface area contributed by atoms with Gasteiger partial charge in [0.2, 0.25) is 0 Å². The standard InChI is InChI=1S/C12H16N2O3S/c15-11(16)6-10-2-1-4-14(10)12(17)13-7-9-3-5-18-8-9/h3,5,8,10H,1-2,4,6-7H2,(H,13,17)(H,15,16). The van der Waals surface area contributed by atoms with Crippen molar-refractivity contribution in [1.82, 2.24) is 10.2 Å². The van der Waals surface area contributed by atoms with Crippen molar-refractivity contribution < 1.29 is 14.7 Å². The number of carboxylic acid groups (broad SMARTS) is 1. The number of likely N-dealkylation sites (tertiary alicyclic amines) is 1. The summed E-state index contributed by atoms with van der Waals surface area (Å²) in [4.78, 5) is 24.3. The van der Waals surface area contributed by atoms with Crippen LogP contribution in [0.15, 0.2) is 16.8 Å². The number of aliphatic carboxylic acids is 1. The van der Waals surface area contributed by atoms with Gasteiger partial charge in [-0.25, -0.2) is 4.79 Å². The first-order chi connectivity index (χ1) is 8.66. The summed E-state index contributed by atoms with van der Waals surface area (Å²) in [6, 6.07) is 1.64. The van der Waals surface area contributed by atoms with Crippen LogP contribution >= 0.6 is 11.3 Å². The molecule has 1 aliphatic rings. The van der Waals surface area contributed by atoms with Crippen molar-refractivity contribution in [2.75, 3.05) is 6.54 Å². The molecule has 1 atom stereocenters. The third-order valence-corrected chi connectivity index (χ3v) is 3.80. The number of carbonyl (C=O) groups excluding carboxylic acids is 1. The molecule has 2 rings (SSSR count). The molecular weight excluding hydrogens is 252 g/mol. The van der Waals surface area contributed by atoms with Crippen LogP contribution in [0.1, 0.15) is 24.8 Å². The van der Waals surface area contributed by atoms with Crippen LogP contribution in [-0.2, 0) is 11.3 Å². The Morgan fingerprint density at radius 1 is 1.56 bits per heavy atom. The van der Waals surface area contributed by atoms with Gasteiger partial charge in [0.15, 0.2) is 0 Å². The van der Waals surface area contributed by atoms with E-state index in [1.807, 2.05) is 16.8 Å². The quantitative estimate of drug-likeness (QED) is 0.876. The summed E-state index contributed by atoms with van der Waals surface area (Å²) in [5.74, 6) is -0.850. The predicted octanol–water partition coefficient (Wildman–Crippen LogP) is 1.90. The molecule has 2 N–H and O–H groups in total. The summed E-state index contributed by atoms with van der Waals surface area (Å²) < 4.78 is 0. The smallest absolute Gasteiger partial charge is 0.317 e. The molecule has 98 valence electrons. The molecule has 1 aromatic rings. The van der Waals surface area contributed by atoms with E-state index in [0.29, 0.717) is 13.1 Å². The van der Waals surface area contributed by atoms with Crippen LogP contribution < -0.4 is 5.32 Å². The number of nitrogens with one attached hydrogen (secondary N) is 1. The maximum absolute atomic E-state index is 12.0. The Morgan fingerprint density at radius 2 is 2.39 bits per heavy atom. The van der Waals surface area contributed by atoms with Gasteiger partial charge >= 0.3 is 12.0 Å². The number of nitrogens with zero attached hydrogens (tertiary/aromatic N) is 1. The molecule has 1 fully saturated rings. The molecule has 5 nitrogen and oxygen atoms in total. The highest BCUT2D eigenvalue weighted by Crippen LogP contribution is 2.20. The number of hydrogen-bond donors (Lipinski definition) is 2. The first-order valence-electron chi connectivity index (χ1n) is 5.94. The molecule has 18 heavy (non-hydrogen) atoms. The second-order valence-corrected chi connectivity index (χ2v) is 5.16. The third-order valence-electron chi connectivity index (χ3n) is 3.07. The Balaban J connectivity index is 1.85. The van der Waals surface area contributed by atoms with Crippen molar-refractivity contribution in [2.24, 2.45) is 0 Å². The molecule has 1 aromatic heterocycles. The number of carbonyl (C=O) groups is 2. The summed E-state index contributed by atoms with van der Waals surface area (Å²) in [6.45, 7) is 1.14. The van der Waals surface area contributed by atoms with E-state index in [-0.39, 0.29) is 18.5 Å². The van der Waals surface area contributed by atoms with Gasteiger partial charge in [-0.2, -0.15) is 11.3 Å². The van der Waals surface area contributed by atoms with Crippen molar-refractivity contribution >= 4 is 23.3 Å². The highest BCUT2D eigenvalue weighted by atomic mass is 32.1. The molecule has 0 aromatic carbocycles. The van der Waals surface area contributed by atoms with Crippen molar-refractivity contribution in [3.63, 3.8) is 0 Å². The zero-order chi connectivity index (χ0) is 13.0. The summed E-state index contributed by atoms with van der Waals surface area (Å²) >= 11 is 1.59. The zero-order valence-electron chi connectivity index (χ0n) is 9.96. The lowest BCUT2D eigenvalue weighted by atomic mass is 10.1. The lowest BCUT2D eigenvalue weighted by molar-refractivity contribution is -0.137. The van der Waals surface area contributed by atoms with E-state index in [2.05, 4.69) is 5.32 Å². The molecule has 1 unspecified atom stereocenters. The highest BCUT2D eigenvalue weighted by Gasteiger charge is 2.30. The van der Waals surface area contributed by atoms with Crippen LogP contribution in [0.25, 0.3) is 0 Å². The van der Waals surface area contributed by atoms with Gasteiger partial charge in [-0.05, 0) is 35.2 Å². The molecule has 0 bridgehead atoms. The van der Waals surface area contributed by atoms with Gasteiger partial charge in [0.1, 0.15) is 0 Å². The molecule has 0 spiro atoms. The lowest BCUT2D eigenvalue weighted by Crippen LogP contribution is -2.43. The number of amides is 2. The largest absolute Gasteiger partial charge is 0.481 e. The van der Waals surface area contributed by atoms with Crippen LogP contribution in [0, 0.1) is 0 Å². The Kier molecular flexibility index (Phi) is 4.19. The number of urea groups is 1. The summed E-state index contributed by atoms with van der Waals surface area (Å²) in [6.07, 6.45) is 1.69. The van der Waals surface area contributed by atoms with Gasteiger partial charge < -0.3 is 15.3 Å². The summed E-state index contributed by atoms with van der Waals surface area (Å²) in [5, 5.41) is 15.6. The minimum absolute atomic E-state index is 0.0336. The van der Waals surface area contributed by atoms with E-state index in [0.717, 1.165) is 18.4 Å². The van der Waals surface area contributed by atoms with E-state index in [4.69, 9.17) is 5.11 Å². The minimum Gasteiger partial charge on any atom is -0.481 e. The Bertz CT molecular complexity index is 419. The van der Waals surface area contributed by atoms with E-state index in [1.165, 1.54) is 0 Å². The summed E-state index contributed by atoms with van der Waals surface area (Å²) in [5.41, 5.74) is 1.07. The Hall–Kier alpha value is -1.56.